The maximum Gasteiger partial charge on any atom is 0.345 e. The third kappa shape index (κ3) is 4.40. The van der Waals surface area contributed by atoms with Gasteiger partial charge in [0.25, 0.3) is 0 Å². The summed E-state index contributed by atoms with van der Waals surface area (Å²) < 4.78 is 14.3. The van der Waals surface area contributed by atoms with Gasteiger partial charge in [0.2, 0.25) is 0 Å². The van der Waals surface area contributed by atoms with Crippen LogP contribution in [-0.4, -0.2) is 59.6 Å². The number of nitrogens with zero attached hydrogens (tertiary/aromatic N) is 5. The summed E-state index contributed by atoms with van der Waals surface area (Å²) in [5, 5.41) is 7.95. The highest BCUT2D eigenvalue weighted by atomic mass is 16.5. The summed E-state index contributed by atoms with van der Waals surface area (Å²) in [5.74, 6) is 3.32. The lowest BCUT2D eigenvalue weighted by Crippen LogP contribution is -2.44. The van der Waals surface area contributed by atoms with Crippen LogP contribution in [0, 0.1) is 0 Å². The molecule has 31 heavy (non-hydrogen) atoms. The van der Waals surface area contributed by atoms with E-state index in [1.807, 2.05) is 4.57 Å². The van der Waals surface area contributed by atoms with Crippen molar-refractivity contribution in [2.24, 2.45) is 4.99 Å². The molecule has 0 fully saturated rings. The molecule has 168 valence electrons. The number of ether oxygens (including phenoxy) is 2. The summed E-state index contributed by atoms with van der Waals surface area (Å²) in [6, 6.07) is 4.13. The van der Waals surface area contributed by atoms with Crippen LogP contribution in [0.15, 0.2) is 21.9 Å². The van der Waals surface area contributed by atoms with Gasteiger partial charge in [0.15, 0.2) is 17.5 Å². The molecule has 4 rings (SSSR count). The van der Waals surface area contributed by atoms with E-state index in [-0.39, 0.29) is 5.69 Å². The molecule has 0 saturated carbocycles. The molecular formula is C22H32N6O3. The smallest absolute Gasteiger partial charge is 0.345 e. The van der Waals surface area contributed by atoms with Gasteiger partial charge in [-0.3, -0.25) is 9.56 Å². The van der Waals surface area contributed by atoms with Gasteiger partial charge in [0.05, 0.1) is 14.2 Å². The van der Waals surface area contributed by atoms with Gasteiger partial charge in [-0.1, -0.05) is 0 Å². The van der Waals surface area contributed by atoms with Crippen LogP contribution in [0.4, 0.5) is 0 Å². The van der Waals surface area contributed by atoms with E-state index in [4.69, 9.17) is 9.47 Å². The second-order valence-electron chi connectivity index (χ2n) is 8.01. The number of guanidine groups is 1. The lowest BCUT2D eigenvalue weighted by Gasteiger charge is -2.32. The van der Waals surface area contributed by atoms with Crippen molar-refractivity contribution in [3.8, 4) is 11.5 Å². The zero-order valence-electron chi connectivity index (χ0n) is 18.7. The molecule has 0 atom stereocenters. The predicted molar refractivity (Wildman–Crippen MR) is 119 cm³/mol. The molecular weight excluding hydrogens is 396 g/mol. The largest absolute Gasteiger partial charge is 0.493 e. The normalized spacial score (nSPS) is 16.0. The molecule has 1 aromatic heterocycles. The molecule has 9 heteroatoms. The summed E-state index contributed by atoms with van der Waals surface area (Å²) in [5.41, 5.74) is 2.53. The Hall–Kier alpha value is -2.97. The number of hydrogen-bond donors (Lipinski definition) is 1. The molecule has 0 radical (unpaired) electrons. The van der Waals surface area contributed by atoms with E-state index < -0.39 is 0 Å². The standard InChI is InChI=1S/C22H32N6O3/c1-23-21(24-9-6-11-28-22(29)27-10-5-4-7-20(27)25-28)26-12-8-16-13-18(30-2)19(31-3)14-17(16)15-26/h13-14H,4-12,15H2,1-3H3,(H,23,24). The Labute approximate surface area is 182 Å². The molecule has 0 saturated heterocycles. The Morgan fingerprint density at radius 3 is 2.61 bits per heavy atom. The molecule has 9 nitrogen and oxygen atoms in total. The van der Waals surface area contributed by atoms with Crippen LogP contribution < -0.4 is 20.5 Å². The molecule has 2 aliphatic rings. The fourth-order valence-electron chi connectivity index (χ4n) is 4.42. The molecule has 0 amide bonds. The van der Waals surface area contributed by atoms with Crippen LogP contribution in [0.1, 0.15) is 36.2 Å². The lowest BCUT2D eigenvalue weighted by atomic mass is 9.99. The Balaban J connectivity index is 1.33. The predicted octanol–water partition coefficient (Wildman–Crippen LogP) is 1.42. The highest BCUT2D eigenvalue weighted by Crippen LogP contribution is 2.33. The van der Waals surface area contributed by atoms with Crippen LogP contribution in [-0.2, 0) is 32.5 Å². The number of hydrogen-bond acceptors (Lipinski definition) is 5. The third-order valence-corrected chi connectivity index (χ3v) is 6.09. The third-order valence-electron chi connectivity index (χ3n) is 6.09. The maximum absolute atomic E-state index is 12.5. The zero-order chi connectivity index (χ0) is 21.8. The van der Waals surface area contributed by atoms with Crippen molar-refractivity contribution in [1.29, 1.82) is 0 Å². The number of aromatic nitrogens is 3. The first-order valence-corrected chi connectivity index (χ1v) is 11.0. The monoisotopic (exact) mass is 428 g/mol. The van der Waals surface area contributed by atoms with Gasteiger partial charge in [-0.05, 0) is 48.9 Å². The van der Waals surface area contributed by atoms with Gasteiger partial charge in [0, 0.05) is 46.2 Å². The Morgan fingerprint density at radius 2 is 1.90 bits per heavy atom. The number of fused-ring (bicyclic) bond motifs is 2. The molecule has 0 unspecified atom stereocenters. The first-order chi connectivity index (χ1) is 15.1. The minimum absolute atomic E-state index is 0.0242. The highest BCUT2D eigenvalue weighted by molar-refractivity contribution is 5.80. The fraction of sp³-hybridized carbons (Fsp3) is 0.591. The van der Waals surface area contributed by atoms with E-state index in [2.05, 4.69) is 32.4 Å². The summed E-state index contributed by atoms with van der Waals surface area (Å²) in [6.07, 6.45) is 4.82. The van der Waals surface area contributed by atoms with Gasteiger partial charge in [-0.15, -0.1) is 0 Å². The van der Waals surface area contributed by atoms with Crippen molar-refractivity contribution < 1.29 is 9.47 Å². The quantitative estimate of drug-likeness (QED) is 0.426. The van der Waals surface area contributed by atoms with Gasteiger partial charge in [0.1, 0.15) is 5.82 Å². The maximum atomic E-state index is 12.5. The van der Waals surface area contributed by atoms with Gasteiger partial charge in [-0.25, -0.2) is 9.48 Å². The molecule has 1 N–H and O–H groups in total. The van der Waals surface area contributed by atoms with E-state index in [1.54, 1.807) is 25.9 Å². The molecule has 1 aromatic carbocycles. The number of benzene rings is 1. The van der Waals surface area contributed by atoms with Gasteiger partial charge < -0.3 is 19.7 Å². The first-order valence-electron chi connectivity index (χ1n) is 11.0. The van der Waals surface area contributed by atoms with Crippen LogP contribution in [0.2, 0.25) is 0 Å². The van der Waals surface area contributed by atoms with Crippen molar-refractivity contribution >= 4 is 5.96 Å². The minimum Gasteiger partial charge on any atom is -0.493 e. The summed E-state index contributed by atoms with van der Waals surface area (Å²) in [7, 11) is 5.13. The highest BCUT2D eigenvalue weighted by Gasteiger charge is 2.22. The summed E-state index contributed by atoms with van der Waals surface area (Å²) >= 11 is 0. The van der Waals surface area contributed by atoms with Crippen molar-refractivity contribution in [3.63, 3.8) is 0 Å². The summed E-state index contributed by atoms with van der Waals surface area (Å²) in [4.78, 5) is 19.2. The molecule has 2 aromatic rings. The number of aliphatic imine (C=N–C) groups is 1. The molecule has 0 bridgehead atoms. The van der Waals surface area contributed by atoms with E-state index in [0.29, 0.717) is 6.54 Å². The molecule has 3 heterocycles. The van der Waals surface area contributed by atoms with Crippen LogP contribution in [0.5, 0.6) is 11.5 Å². The second-order valence-corrected chi connectivity index (χ2v) is 8.01. The first kappa shape index (κ1) is 21.3. The van der Waals surface area contributed by atoms with Crippen molar-refractivity contribution in [3.05, 3.63) is 39.6 Å². The van der Waals surface area contributed by atoms with Crippen molar-refractivity contribution in [2.45, 2.75) is 51.7 Å². The number of nitrogens with one attached hydrogen (secondary N) is 1. The molecule has 0 spiro atoms. The van der Waals surface area contributed by atoms with E-state index in [1.165, 1.54) is 11.1 Å². The number of rotatable bonds is 6. The van der Waals surface area contributed by atoms with Gasteiger partial charge >= 0.3 is 5.69 Å². The fourth-order valence-corrected chi connectivity index (χ4v) is 4.42. The lowest BCUT2D eigenvalue weighted by molar-refractivity contribution is 0.345. The molecule has 0 aliphatic carbocycles. The zero-order valence-corrected chi connectivity index (χ0v) is 18.7. The van der Waals surface area contributed by atoms with E-state index >= 15 is 0 Å². The summed E-state index contributed by atoms with van der Waals surface area (Å²) in [6.45, 7) is 3.80. The average molecular weight is 429 g/mol. The SMILES string of the molecule is CN=C(NCCCn1nc2n(c1=O)CCCC2)N1CCc2cc(OC)c(OC)cc2C1. The average Bonchev–Trinajstić information content (AvgIpc) is 3.13. The number of methoxy groups -OCH3 is 2. The van der Waals surface area contributed by atoms with Crippen LogP contribution in [0.3, 0.4) is 0 Å². The van der Waals surface area contributed by atoms with Crippen LogP contribution >= 0.6 is 0 Å². The van der Waals surface area contributed by atoms with E-state index in [9.17, 15) is 4.79 Å². The van der Waals surface area contributed by atoms with Crippen molar-refractivity contribution in [1.82, 2.24) is 24.6 Å². The Morgan fingerprint density at radius 1 is 1.13 bits per heavy atom. The van der Waals surface area contributed by atoms with E-state index in [0.717, 1.165) is 81.6 Å². The van der Waals surface area contributed by atoms with Gasteiger partial charge in [-0.2, -0.15) is 5.10 Å². The number of aryl methyl sites for hydroxylation is 2. The molecule has 2 aliphatic heterocycles. The topological polar surface area (TPSA) is 85.9 Å². The Kier molecular flexibility index (Phi) is 6.48. The minimum atomic E-state index is 0.0242. The van der Waals surface area contributed by atoms with Crippen LogP contribution in [0.25, 0.3) is 0 Å². The Bertz CT molecular complexity index is 1010. The second kappa shape index (κ2) is 9.45. The van der Waals surface area contributed by atoms with Crippen molar-refractivity contribution in [2.75, 3.05) is 34.4 Å².